The van der Waals surface area contributed by atoms with Gasteiger partial charge in [0.2, 0.25) is 11.7 Å². The molecule has 2 aromatic rings. The highest BCUT2D eigenvalue weighted by molar-refractivity contribution is 9.10. The van der Waals surface area contributed by atoms with Crippen LogP contribution < -0.4 is 0 Å². The summed E-state index contributed by atoms with van der Waals surface area (Å²) in [7, 11) is 0. The van der Waals surface area contributed by atoms with Crippen molar-refractivity contribution >= 4 is 15.9 Å². The van der Waals surface area contributed by atoms with Gasteiger partial charge in [0, 0.05) is 16.5 Å². The van der Waals surface area contributed by atoms with Crippen LogP contribution in [0, 0.1) is 12.8 Å². The predicted octanol–water partition coefficient (Wildman–Crippen LogP) is 3.90. The van der Waals surface area contributed by atoms with Crippen molar-refractivity contribution in [2.75, 3.05) is 0 Å². The summed E-state index contributed by atoms with van der Waals surface area (Å²) in [5.74, 6) is 1.50. The summed E-state index contributed by atoms with van der Waals surface area (Å²) >= 11 is 3.45. The second kappa shape index (κ2) is 6.28. The summed E-state index contributed by atoms with van der Waals surface area (Å²) in [6.07, 6.45) is 4.65. The lowest BCUT2D eigenvalue weighted by Gasteiger charge is -2.26. The van der Waals surface area contributed by atoms with E-state index in [0.29, 0.717) is 18.1 Å². The maximum absolute atomic E-state index is 10.0. The van der Waals surface area contributed by atoms with Crippen LogP contribution in [0.2, 0.25) is 0 Å². The first-order valence-electron chi connectivity index (χ1n) is 7.40. The van der Waals surface area contributed by atoms with Crippen molar-refractivity contribution < 1.29 is 9.63 Å². The molecule has 0 aliphatic heterocycles. The van der Waals surface area contributed by atoms with E-state index in [0.717, 1.165) is 34.9 Å². The van der Waals surface area contributed by atoms with Crippen LogP contribution in [-0.4, -0.2) is 21.4 Å². The quantitative estimate of drug-likeness (QED) is 0.911. The molecule has 3 rings (SSSR count). The molecule has 2 unspecified atom stereocenters. The average molecular weight is 351 g/mol. The second-order valence-corrected chi connectivity index (χ2v) is 6.70. The Balaban J connectivity index is 1.76. The Labute approximate surface area is 132 Å². The lowest BCUT2D eigenvalue weighted by atomic mass is 9.84. The van der Waals surface area contributed by atoms with Crippen LogP contribution in [0.1, 0.15) is 37.1 Å². The summed E-state index contributed by atoms with van der Waals surface area (Å²) in [5.41, 5.74) is 2.09. The Morgan fingerprint density at radius 1 is 1.33 bits per heavy atom. The molecule has 0 radical (unpaired) electrons. The fraction of sp³-hybridized carbons (Fsp3) is 0.500. The van der Waals surface area contributed by atoms with E-state index in [-0.39, 0.29) is 12.0 Å². The van der Waals surface area contributed by atoms with Crippen molar-refractivity contribution in [2.24, 2.45) is 5.92 Å². The van der Waals surface area contributed by atoms with Gasteiger partial charge in [-0.15, -0.1) is 0 Å². The maximum Gasteiger partial charge on any atom is 0.227 e. The number of aliphatic hydroxyl groups excluding tert-OH is 1. The van der Waals surface area contributed by atoms with Gasteiger partial charge in [0.05, 0.1) is 6.10 Å². The zero-order valence-electron chi connectivity index (χ0n) is 12.1. The maximum atomic E-state index is 10.0. The number of aryl methyl sites for hydroxylation is 1. The van der Waals surface area contributed by atoms with Gasteiger partial charge in [0.25, 0.3) is 0 Å². The van der Waals surface area contributed by atoms with E-state index in [1.807, 2.05) is 25.1 Å². The van der Waals surface area contributed by atoms with E-state index < -0.39 is 0 Å². The molecule has 2 atom stereocenters. The molecular weight excluding hydrogens is 332 g/mol. The molecule has 1 aromatic carbocycles. The minimum absolute atomic E-state index is 0.233. The first-order valence-corrected chi connectivity index (χ1v) is 8.20. The van der Waals surface area contributed by atoms with Gasteiger partial charge in [-0.05, 0) is 49.4 Å². The minimum Gasteiger partial charge on any atom is -0.393 e. The lowest BCUT2D eigenvalue weighted by molar-refractivity contribution is 0.0657. The molecule has 1 heterocycles. The van der Waals surface area contributed by atoms with Crippen LogP contribution in [-0.2, 0) is 6.42 Å². The molecule has 1 fully saturated rings. The van der Waals surface area contributed by atoms with Gasteiger partial charge in [-0.1, -0.05) is 33.9 Å². The topological polar surface area (TPSA) is 59.2 Å². The number of aromatic nitrogens is 2. The molecule has 0 spiro atoms. The third kappa shape index (κ3) is 3.35. The molecule has 1 aliphatic carbocycles. The molecule has 21 heavy (non-hydrogen) atoms. The first kappa shape index (κ1) is 14.7. The van der Waals surface area contributed by atoms with Crippen molar-refractivity contribution in [3.63, 3.8) is 0 Å². The summed E-state index contributed by atoms with van der Waals surface area (Å²) in [6, 6.07) is 6.00. The monoisotopic (exact) mass is 350 g/mol. The third-order valence-corrected chi connectivity index (χ3v) is 4.70. The van der Waals surface area contributed by atoms with Crippen LogP contribution in [0.3, 0.4) is 0 Å². The molecule has 0 bridgehead atoms. The Hall–Kier alpha value is -1.20. The van der Waals surface area contributed by atoms with E-state index >= 15 is 0 Å². The van der Waals surface area contributed by atoms with Gasteiger partial charge in [-0.25, -0.2) is 0 Å². The number of benzene rings is 1. The second-order valence-electron chi connectivity index (χ2n) is 5.79. The van der Waals surface area contributed by atoms with Gasteiger partial charge in [-0.2, -0.15) is 4.98 Å². The average Bonchev–Trinajstić information content (AvgIpc) is 2.90. The number of nitrogens with zero attached hydrogens (tertiary/aromatic N) is 2. The molecule has 1 aliphatic rings. The number of halogens is 1. The van der Waals surface area contributed by atoms with E-state index in [9.17, 15) is 5.11 Å². The molecule has 112 valence electrons. The van der Waals surface area contributed by atoms with Crippen molar-refractivity contribution in [1.29, 1.82) is 0 Å². The molecule has 1 N–H and O–H groups in total. The van der Waals surface area contributed by atoms with Crippen LogP contribution in [0.25, 0.3) is 11.4 Å². The lowest BCUT2D eigenvalue weighted by Crippen LogP contribution is -2.26. The summed E-state index contributed by atoms with van der Waals surface area (Å²) in [6.45, 7) is 2.03. The van der Waals surface area contributed by atoms with Crippen LogP contribution in [0.4, 0.5) is 0 Å². The van der Waals surface area contributed by atoms with Crippen molar-refractivity contribution in [3.05, 3.63) is 34.1 Å². The Morgan fingerprint density at radius 2 is 2.14 bits per heavy atom. The largest absolute Gasteiger partial charge is 0.393 e. The van der Waals surface area contributed by atoms with Gasteiger partial charge in [-0.3, -0.25) is 0 Å². The molecule has 0 amide bonds. The number of aliphatic hydroxyl groups is 1. The SMILES string of the molecule is Cc1cc(Br)ccc1-c1noc(CC2CCCCC2O)n1. The number of hydrogen-bond donors (Lipinski definition) is 1. The minimum atomic E-state index is -0.233. The van der Waals surface area contributed by atoms with Crippen LogP contribution in [0.5, 0.6) is 0 Å². The van der Waals surface area contributed by atoms with Crippen LogP contribution in [0.15, 0.2) is 27.2 Å². The molecule has 1 saturated carbocycles. The molecule has 0 saturated heterocycles. The fourth-order valence-corrected chi connectivity index (χ4v) is 3.45. The highest BCUT2D eigenvalue weighted by Gasteiger charge is 2.25. The van der Waals surface area contributed by atoms with Crippen LogP contribution >= 0.6 is 15.9 Å². The van der Waals surface area contributed by atoms with Gasteiger partial charge >= 0.3 is 0 Å². The van der Waals surface area contributed by atoms with Crippen molar-refractivity contribution in [1.82, 2.24) is 10.1 Å². The smallest absolute Gasteiger partial charge is 0.227 e. The summed E-state index contributed by atoms with van der Waals surface area (Å²) < 4.78 is 6.41. The highest BCUT2D eigenvalue weighted by Crippen LogP contribution is 2.28. The van der Waals surface area contributed by atoms with Gasteiger partial charge in [0.15, 0.2) is 0 Å². The Bertz CT molecular complexity index is 626. The third-order valence-electron chi connectivity index (χ3n) is 4.20. The summed E-state index contributed by atoms with van der Waals surface area (Å²) in [4.78, 5) is 4.50. The highest BCUT2D eigenvalue weighted by atomic mass is 79.9. The zero-order valence-corrected chi connectivity index (χ0v) is 13.6. The Morgan fingerprint density at radius 3 is 2.90 bits per heavy atom. The van der Waals surface area contributed by atoms with Gasteiger partial charge in [0.1, 0.15) is 0 Å². The predicted molar refractivity (Wildman–Crippen MR) is 83.8 cm³/mol. The number of rotatable bonds is 3. The van der Waals surface area contributed by atoms with E-state index in [1.165, 1.54) is 6.42 Å². The molecule has 5 heteroatoms. The molecule has 4 nitrogen and oxygen atoms in total. The number of hydrogen-bond acceptors (Lipinski definition) is 4. The molecule has 1 aromatic heterocycles. The Kier molecular flexibility index (Phi) is 4.40. The zero-order chi connectivity index (χ0) is 14.8. The van der Waals surface area contributed by atoms with E-state index in [1.54, 1.807) is 0 Å². The fourth-order valence-electron chi connectivity index (χ4n) is 2.98. The van der Waals surface area contributed by atoms with Gasteiger partial charge < -0.3 is 9.63 Å². The normalized spacial score (nSPS) is 22.4. The van der Waals surface area contributed by atoms with E-state index in [2.05, 4.69) is 26.1 Å². The summed E-state index contributed by atoms with van der Waals surface area (Å²) in [5, 5.41) is 14.1. The van der Waals surface area contributed by atoms with Crippen molar-refractivity contribution in [2.45, 2.75) is 45.1 Å². The standard InChI is InChI=1S/C16H19BrN2O2/c1-10-8-12(17)6-7-13(10)16-18-15(21-19-16)9-11-4-2-3-5-14(11)20/h6-8,11,14,20H,2-5,9H2,1H3. The first-order chi connectivity index (χ1) is 10.1. The van der Waals surface area contributed by atoms with Crippen molar-refractivity contribution in [3.8, 4) is 11.4 Å². The molecular formula is C16H19BrN2O2. The van der Waals surface area contributed by atoms with E-state index in [4.69, 9.17) is 4.52 Å².